The molecule has 0 amide bonds. The molecule has 0 saturated heterocycles. The van der Waals surface area contributed by atoms with E-state index in [2.05, 4.69) is 20.7 Å². The van der Waals surface area contributed by atoms with Crippen LogP contribution in [0.25, 0.3) is 0 Å². The quantitative estimate of drug-likeness (QED) is 0.817. The molecular weight excluding hydrogens is 349 g/mol. The van der Waals surface area contributed by atoms with Crippen LogP contribution in [0, 0.1) is 0 Å². The van der Waals surface area contributed by atoms with Crippen LogP contribution in [0.1, 0.15) is 13.3 Å². The van der Waals surface area contributed by atoms with E-state index in [0.29, 0.717) is 16.6 Å². The van der Waals surface area contributed by atoms with Crippen molar-refractivity contribution < 1.29 is 8.42 Å². The van der Waals surface area contributed by atoms with Gasteiger partial charge < -0.3 is 0 Å². The SMILES string of the molecule is CCC(Br)CNS(=O)(=O)c1cc(Cl)cc(Cl)c1. The van der Waals surface area contributed by atoms with Crippen LogP contribution in [-0.4, -0.2) is 19.8 Å². The maximum absolute atomic E-state index is 11.9. The van der Waals surface area contributed by atoms with Crippen molar-refractivity contribution in [3.63, 3.8) is 0 Å². The van der Waals surface area contributed by atoms with E-state index in [1.54, 1.807) is 0 Å². The van der Waals surface area contributed by atoms with Gasteiger partial charge >= 0.3 is 0 Å². The molecule has 3 nitrogen and oxygen atoms in total. The third-order valence-corrected chi connectivity index (χ3v) is 4.89. The highest BCUT2D eigenvalue weighted by Gasteiger charge is 2.16. The minimum absolute atomic E-state index is 0.0748. The fourth-order valence-corrected chi connectivity index (χ4v) is 3.29. The summed E-state index contributed by atoms with van der Waals surface area (Å²) in [6, 6.07) is 4.22. The maximum atomic E-state index is 11.9. The Kier molecular flexibility index (Phi) is 5.73. The monoisotopic (exact) mass is 359 g/mol. The summed E-state index contributed by atoms with van der Waals surface area (Å²) in [4.78, 5) is 0.178. The fraction of sp³-hybridized carbons (Fsp3) is 0.400. The van der Waals surface area contributed by atoms with Crippen molar-refractivity contribution in [2.75, 3.05) is 6.54 Å². The van der Waals surface area contributed by atoms with E-state index in [-0.39, 0.29) is 9.72 Å². The standard InChI is InChI=1S/C10H12BrCl2NO2S/c1-2-7(11)6-14-17(15,16)10-4-8(12)3-9(13)5-10/h3-5,7,14H,2,6H2,1H3. The van der Waals surface area contributed by atoms with Gasteiger partial charge in [-0.15, -0.1) is 0 Å². The van der Waals surface area contributed by atoms with Crippen molar-refractivity contribution in [2.45, 2.75) is 23.1 Å². The molecule has 0 saturated carbocycles. The van der Waals surface area contributed by atoms with Gasteiger partial charge in [-0.1, -0.05) is 46.1 Å². The summed E-state index contributed by atoms with van der Waals surface area (Å²) in [5.74, 6) is 0. The Morgan fingerprint density at radius 1 is 1.29 bits per heavy atom. The van der Waals surface area contributed by atoms with Gasteiger partial charge in [0.1, 0.15) is 0 Å². The first kappa shape index (κ1) is 15.2. The van der Waals surface area contributed by atoms with Gasteiger partial charge in [-0.2, -0.15) is 0 Å². The van der Waals surface area contributed by atoms with Gasteiger partial charge in [-0.3, -0.25) is 0 Å². The zero-order valence-corrected chi connectivity index (χ0v) is 13.0. The number of benzene rings is 1. The highest BCUT2D eigenvalue weighted by atomic mass is 79.9. The Bertz CT molecular complexity index is 473. The summed E-state index contributed by atoms with van der Waals surface area (Å²) >= 11 is 14.9. The molecule has 1 aromatic rings. The van der Waals surface area contributed by atoms with Crippen molar-refractivity contribution in [2.24, 2.45) is 0 Å². The Balaban J connectivity index is 2.89. The first-order valence-electron chi connectivity index (χ1n) is 4.95. The lowest BCUT2D eigenvalue weighted by Gasteiger charge is -2.10. The third kappa shape index (κ3) is 4.75. The number of hydrogen-bond donors (Lipinski definition) is 1. The minimum atomic E-state index is -3.56. The Morgan fingerprint density at radius 3 is 2.29 bits per heavy atom. The highest BCUT2D eigenvalue weighted by molar-refractivity contribution is 9.09. The number of nitrogens with one attached hydrogen (secondary N) is 1. The summed E-state index contributed by atoms with van der Waals surface area (Å²) in [5.41, 5.74) is 0. The summed E-state index contributed by atoms with van der Waals surface area (Å²) in [6.45, 7) is 2.28. The number of rotatable bonds is 5. The predicted molar refractivity (Wildman–Crippen MR) is 74.7 cm³/mol. The number of alkyl halides is 1. The maximum Gasteiger partial charge on any atom is 0.240 e. The Morgan fingerprint density at radius 2 is 1.82 bits per heavy atom. The molecule has 1 aromatic carbocycles. The molecule has 1 N–H and O–H groups in total. The van der Waals surface area contributed by atoms with E-state index in [4.69, 9.17) is 23.2 Å². The lowest BCUT2D eigenvalue weighted by atomic mass is 10.3. The second-order valence-electron chi connectivity index (χ2n) is 3.46. The van der Waals surface area contributed by atoms with Gasteiger partial charge in [0.25, 0.3) is 0 Å². The smallest absolute Gasteiger partial charge is 0.210 e. The van der Waals surface area contributed by atoms with Crippen LogP contribution in [0.15, 0.2) is 23.1 Å². The second-order valence-corrected chi connectivity index (χ2v) is 7.40. The molecule has 0 spiro atoms. The lowest BCUT2D eigenvalue weighted by molar-refractivity contribution is 0.580. The summed E-state index contributed by atoms with van der Waals surface area (Å²) in [6.07, 6.45) is 0.832. The molecule has 7 heteroatoms. The molecule has 0 aromatic heterocycles. The lowest BCUT2D eigenvalue weighted by Crippen LogP contribution is -2.29. The molecule has 0 aliphatic heterocycles. The first-order valence-corrected chi connectivity index (χ1v) is 8.10. The van der Waals surface area contributed by atoms with Gasteiger partial charge in [0, 0.05) is 21.4 Å². The van der Waals surface area contributed by atoms with Crippen LogP contribution in [0.4, 0.5) is 0 Å². The fourth-order valence-electron chi connectivity index (χ4n) is 1.11. The molecule has 0 heterocycles. The summed E-state index contributed by atoms with van der Waals surface area (Å²) in [7, 11) is -3.56. The molecule has 17 heavy (non-hydrogen) atoms. The van der Waals surface area contributed by atoms with Gasteiger partial charge in [0.2, 0.25) is 10.0 Å². The molecular formula is C10H12BrCl2NO2S. The Hall–Kier alpha value is 0.190. The first-order chi connectivity index (χ1) is 7.85. The van der Waals surface area contributed by atoms with E-state index in [9.17, 15) is 8.42 Å². The number of sulfonamides is 1. The van der Waals surface area contributed by atoms with Gasteiger partial charge in [-0.25, -0.2) is 13.1 Å². The molecule has 0 aliphatic carbocycles. The van der Waals surface area contributed by atoms with Crippen LogP contribution in [0.5, 0.6) is 0 Å². The topological polar surface area (TPSA) is 46.2 Å². The van der Waals surface area contributed by atoms with Crippen LogP contribution < -0.4 is 4.72 Å². The number of halogens is 3. The minimum Gasteiger partial charge on any atom is -0.210 e. The van der Waals surface area contributed by atoms with Crippen LogP contribution in [0.2, 0.25) is 10.0 Å². The third-order valence-electron chi connectivity index (χ3n) is 2.08. The second kappa shape index (κ2) is 6.38. The Labute approximate surface area is 120 Å². The molecule has 1 rings (SSSR count). The van der Waals surface area contributed by atoms with E-state index >= 15 is 0 Å². The zero-order chi connectivity index (χ0) is 13.1. The van der Waals surface area contributed by atoms with E-state index in [1.165, 1.54) is 18.2 Å². The van der Waals surface area contributed by atoms with E-state index in [0.717, 1.165) is 6.42 Å². The molecule has 0 bridgehead atoms. The molecule has 0 aliphatic rings. The van der Waals surface area contributed by atoms with Crippen LogP contribution >= 0.6 is 39.1 Å². The van der Waals surface area contributed by atoms with E-state index < -0.39 is 10.0 Å². The number of hydrogen-bond acceptors (Lipinski definition) is 2. The summed E-state index contributed by atoms with van der Waals surface area (Å²) < 4.78 is 26.3. The molecule has 1 unspecified atom stereocenters. The zero-order valence-electron chi connectivity index (χ0n) is 9.08. The van der Waals surface area contributed by atoms with Gasteiger partial charge in [0.05, 0.1) is 4.90 Å². The van der Waals surface area contributed by atoms with Crippen molar-refractivity contribution in [1.82, 2.24) is 4.72 Å². The van der Waals surface area contributed by atoms with Crippen molar-refractivity contribution >= 4 is 49.2 Å². The molecule has 0 radical (unpaired) electrons. The molecule has 1 atom stereocenters. The predicted octanol–water partition coefficient (Wildman–Crippen LogP) is 3.45. The van der Waals surface area contributed by atoms with Crippen molar-refractivity contribution in [1.29, 1.82) is 0 Å². The van der Waals surface area contributed by atoms with Gasteiger partial charge in [-0.05, 0) is 24.6 Å². The van der Waals surface area contributed by atoms with Gasteiger partial charge in [0.15, 0.2) is 0 Å². The average molecular weight is 361 g/mol. The van der Waals surface area contributed by atoms with Crippen molar-refractivity contribution in [3.05, 3.63) is 28.2 Å². The van der Waals surface area contributed by atoms with Crippen molar-refractivity contribution in [3.8, 4) is 0 Å². The van der Waals surface area contributed by atoms with Crippen LogP contribution in [-0.2, 0) is 10.0 Å². The normalized spacial score (nSPS) is 13.6. The average Bonchev–Trinajstić information content (AvgIpc) is 2.24. The molecule has 96 valence electrons. The van der Waals surface area contributed by atoms with E-state index in [1.807, 2.05) is 6.92 Å². The highest BCUT2D eigenvalue weighted by Crippen LogP contribution is 2.22. The largest absolute Gasteiger partial charge is 0.240 e. The van der Waals surface area contributed by atoms with Crippen LogP contribution in [0.3, 0.4) is 0 Å². The summed E-state index contributed by atoms with van der Waals surface area (Å²) in [5, 5.41) is 0.590. The molecule has 0 fully saturated rings.